The number of aromatic nitrogens is 2. The van der Waals surface area contributed by atoms with Gasteiger partial charge in [0.15, 0.2) is 0 Å². The number of carbonyl (C=O) groups excluding carboxylic acids is 1. The molecule has 2 aromatic heterocycles. The largest absolute Gasteiger partial charge is 0.378 e. The molecule has 0 unspecified atom stereocenters. The van der Waals surface area contributed by atoms with E-state index in [4.69, 9.17) is 4.74 Å². The standard InChI is InChI=1S/C17H20N4O2S/c22-17(13-3-10-24-11-13)21-4-1-14-15(2-5-21)18-12-19-16(14)20-6-8-23-9-7-20/h3,10-12H,1-2,4-9H2. The Morgan fingerprint density at radius 1 is 1.12 bits per heavy atom. The zero-order chi connectivity index (χ0) is 16.4. The minimum absolute atomic E-state index is 0.116. The number of ether oxygens (including phenoxy) is 1. The molecule has 2 aliphatic rings. The number of hydrogen-bond acceptors (Lipinski definition) is 6. The summed E-state index contributed by atoms with van der Waals surface area (Å²) in [7, 11) is 0. The van der Waals surface area contributed by atoms with E-state index in [9.17, 15) is 4.79 Å². The second-order valence-corrected chi connectivity index (χ2v) is 6.81. The highest BCUT2D eigenvalue weighted by atomic mass is 32.1. The first-order valence-corrected chi connectivity index (χ1v) is 9.24. The van der Waals surface area contributed by atoms with E-state index >= 15 is 0 Å². The summed E-state index contributed by atoms with van der Waals surface area (Å²) < 4.78 is 5.44. The molecule has 0 aliphatic carbocycles. The number of morpholine rings is 1. The predicted octanol–water partition coefficient (Wildman–Crippen LogP) is 1.62. The molecule has 7 heteroatoms. The summed E-state index contributed by atoms with van der Waals surface area (Å²) >= 11 is 1.56. The van der Waals surface area contributed by atoms with Crippen molar-refractivity contribution in [3.05, 3.63) is 40.0 Å². The van der Waals surface area contributed by atoms with Crippen LogP contribution in [0.25, 0.3) is 0 Å². The van der Waals surface area contributed by atoms with Gasteiger partial charge in [0.1, 0.15) is 12.1 Å². The van der Waals surface area contributed by atoms with Crippen molar-refractivity contribution < 1.29 is 9.53 Å². The summed E-state index contributed by atoms with van der Waals surface area (Å²) in [4.78, 5) is 25.9. The van der Waals surface area contributed by atoms with Gasteiger partial charge in [-0.1, -0.05) is 0 Å². The fourth-order valence-corrected chi connectivity index (χ4v) is 3.96. The normalized spacial score (nSPS) is 18.2. The molecule has 2 aromatic rings. The monoisotopic (exact) mass is 344 g/mol. The number of rotatable bonds is 2. The molecule has 1 saturated heterocycles. The lowest BCUT2D eigenvalue weighted by molar-refractivity contribution is 0.0763. The van der Waals surface area contributed by atoms with Gasteiger partial charge >= 0.3 is 0 Å². The Labute approximate surface area is 145 Å². The van der Waals surface area contributed by atoms with Crippen LogP contribution >= 0.6 is 11.3 Å². The Kier molecular flexibility index (Phi) is 4.44. The lowest BCUT2D eigenvalue weighted by atomic mass is 10.1. The maximum absolute atomic E-state index is 12.6. The Morgan fingerprint density at radius 3 is 2.75 bits per heavy atom. The van der Waals surface area contributed by atoms with Gasteiger partial charge in [-0.2, -0.15) is 11.3 Å². The molecule has 0 bridgehead atoms. The van der Waals surface area contributed by atoms with Crippen molar-refractivity contribution in [2.45, 2.75) is 12.8 Å². The lowest BCUT2D eigenvalue weighted by Gasteiger charge is -2.29. The minimum atomic E-state index is 0.116. The van der Waals surface area contributed by atoms with Gasteiger partial charge in [0.2, 0.25) is 0 Å². The first-order valence-electron chi connectivity index (χ1n) is 8.30. The number of hydrogen-bond donors (Lipinski definition) is 0. The fourth-order valence-electron chi connectivity index (χ4n) is 3.33. The fraction of sp³-hybridized carbons (Fsp3) is 0.471. The van der Waals surface area contributed by atoms with E-state index in [0.717, 1.165) is 56.2 Å². The van der Waals surface area contributed by atoms with Crippen LogP contribution in [0.5, 0.6) is 0 Å². The quantitative estimate of drug-likeness (QED) is 0.828. The van der Waals surface area contributed by atoms with Gasteiger partial charge in [0.05, 0.1) is 24.5 Å². The SMILES string of the molecule is O=C(c1ccsc1)N1CCc2ncnc(N3CCOCC3)c2CC1. The maximum atomic E-state index is 12.6. The molecule has 4 heterocycles. The highest BCUT2D eigenvalue weighted by Crippen LogP contribution is 2.25. The second-order valence-electron chi connectivity index (χ2n) is 6.03. The van der Waals surface area contributed by atoms with Gasteiger partial charge < -0.3 is 14.5 Å². The van der Waals surface area contributed by atoms with E-state index < -0.39 is 0 Å². The number of anilines is 1. The summed E-state index contributed by atoms with van der Waals surface area (Å²) in [6.07, 6.45) is 3.24. The van der Waals surface area contributed by atoms with Crippen LogP contribution in [-0.4, -0.2) is 60.2 Å². The molecule has 0 atom stereocenters. The highest BCUT2D eigenvalue weighted by molar-refractivity contribution is 7.08. The summed E-state index contributed by atoms with van der Waals surface area (Å²) in [6, 6.07) is 1.89. The number of amides is 1. The average Bonchev–Trinajstić information content (AvgIpc) is 3.08. The van der Waals surface area contributed by atoms with Crippen molar-refractivity contribution >= 4 is 23.1 Å². The molecule has 0 radical (unpaired) electrons. The third-order valence-electron chi connectivity index (χ3n) is 4.63. The van der Waals surface area contributed by atoms with Crippen molar-refractivity contribution in [1.29, 1.82) is 0 Å². The van der Waals surface area contributed by atoms with Crippen LogP contribution in [0.2, 0.25) is 0 Å². The molecule has 126 valence electrons. The van der Waals surface area contributed by atoms with Gasteiger partial charge in [0, 0.05) is 43.5 Å². The van der Waals surface area contributed by atoms with Gasteiger partial charge in [0.25, 0.3) is 5.91 Å². The first-order chi connectivity index (χ1) is 11.8. The summed E-state index contributed by atoms with van der Waals surface area (Å²) in [5, 5.41) is 3.86. The third kappa shape index (κ3) is 3.01. The Morgan fingerprint density at radius 2 is 1.96 bits per heavy atom. The van der Waals surface area contributed by atoms with Crippen LogP contribution in [0.3, 0.4) is 0 Å². The molecule has 0 spiro atoms. The van der Waals surface area contributed by atoms with E-state index in [-0.39, 0.29) is 5.91 Å². The molecule has 6 nitrogen and oxygen atoms in total. The summed E-state index contributed by atoms with van der Waals surface area (Å²) in [6.45, 7) is 4.62. The van der Waals surface area contributed by atoms with Crippen LogP contribution in [-0.2, 0) is 17.6 Å². The first kappa shape index (κ1) is 15.5. The van der Waals surface area contributed by atoms with Crippen LogP contribution < -0.4 is 4.90 Å². The lowest BCUT2D eigenvalue weighted by Crippen LogP contribution is -2.37. The molecule has 0 saturated carbocycles. The Balaban J connectivity index is 1.55. The van der Waals surface area contributed by atoms with E-state index in [1.807, 2.05) is 21.7 Å². The van der Waals surface area contributed by atoms with Crippen LogP contribution in [0, 0.1) is 0 Å². The van der Waals surface area contributed by atoms with Crippen LogP contribution in [0.15, 0.2) is 23.2 Å². The topological polar surface area (TPSA) is 58.6 Å². The maximum Gasteiger partial charge on any atom is 0.254 e. The smallest absolute Gasteiger partial charge is 0.254 e. The van der Waals surface area contributed by atoms with E-state index in [1.165, 1.54) is 5.56 Å². The van der Waals surface area contributed by atoms with Crippen molar-refractivity contribution in [2.24, 2.45) is 0 Å². The number of nitrogens with zero attached hydrogens (tertiary/aromatic N) is 4. The molecule has 2 aliphatic heterocycles. The van der Waals surface area contributed by atoms with Crippen molar-refractivity contribution in [1.82, 2.24) is 14.9 Å². The Hall–Kier alpha value is -1.99. The molecule has 0 N–H and O–H groups in total. The number of fused-ring (bicyclic) bond motifs is 1. The minimum Gasteiger partial charge on any atom is -0.378 e. The highest BCUT2D eigenvalue weighted by Gasteiger charge is 2.25. The zero-order valence-electron chi connectivity index (χ0n) is 13.5. The average molecular weight is 344 g/mol. The van der Waals surface area contributed by atoms with Crippen molar-refractivity contribution in [3.63, 3.8) is 0 Å². The predicted molar refractivity (Wildman–Crippen MR) is 92.7 cm³/mol. The molecule has 0 aromatic carbocycles. The van der Waals surface area contributed by atoms with E-state index in [0.29, 0.717) is 13.1 Å². The van der Waals surface area contributed by atoms with Gasteiger partial charge in [-0.05, 0) is 17.9 Å². The van der Waals surface area contributed by atoms with E-state index in [2.05, 4.69) is 14.9 Å². The van der Waals surface area contributed by atoms with Crippen LogP contribution in [0.1, 0.15) is 21.6 Å². The van der Waals surface area contributed by atoms with Crippen molar-refractivity contribution in [2.75, 3.05) is 44.3 Å². The van der Waals surface area contributed by atoms with Gasteiger partial charge in [-0.3, -0.25) is 4.79 Å². The molecule has 1 amide bonds. The second kappa shape index (κ2) is 6.86. The van der Waals surface area contributed by atoms with Gasteiger partial charge in [-0.15, -0.1) is 0 Å². The van der Waals surface area contributed by atoms with E-state index in [1.54, 1.807) is 17.7 Å². The summed E-state index contributed by atoms with van der Waals surface area (Å²) in [5.74, 6) is 1.14. The molecule has 24 heavy (non-hydrogen) atoms. The molecule has 1 fully saturated rings. The van der Waals surface area contributed by atoms with Crippen molar-refractivity contribution in [3.8, 4) is 0 Å². The number of carbonyl (C=O) groups is 1. The third-order valence-corrected chi connectivity index (χ3v) is 5.31. The Bertz CT molecular complexity index is 713. The van der Waals surface area contributed by atoms with Gasteiger partial charge in [-0.25, -0.2) is 9.97 Å². The summed E-state index contributed by atoms with van der Waals surface area (Å²) in [5.41, 5.74) is 3.05. The van der Waals surface area contributed by atoms with Crippen LogP contribution in [0.4, 0.5) is 5.82 Å². The number of thiophene rings is 1. The molecular weight excluding hydrogens is 324 g/mol. The molecule has 4 rings (SSSR count). The zero-order valence-corrected chi connectivity index (χ0v) is 14.3. The molecular formula is C17H20N4O2S.